The van der Waals surface area contributed by atoms with Gasteiger partial charge < -0.3 is 25.2 Å². The molecule has 51 heavy (non-hydrogen) atoms. The highest BCUT2D eigenvalue weighted by atomic mass is 31.2. The van der Waals surface area contributed by atoms with Crippen LogP contribution in [0.2, 0.25) is 0 Å². The topological polar surface area (TPSA) is 155 Å². The Morgan fingerprint density at radius 3 is 1.63 bits per heavy atom. The van der Waals surface area contributed by atoms with Gasteiger partial charge >= 0.3 is 19.8 Å². The monoisotopic (exact) mass is 746 g/mol. The Morgan fingerprint density at radius 2 is 1.08 bits per heavy atom. The fourth-order valence-electron chi connectivity index (χ4n) is 5.52. The molecule has 11 heteroatoms. The third-order valence-corrected chi connectivity index (χ3v) is 9.68. The van der Waals surface area contributed by atoms with E-state index < -0.39 is 45.1 Å². The molecule has 0 amide bonds. The van der Waals surface area contributed by atoms with E-state index in [0.29, 0.717) is 13.0 Å². The maximum Gasteiger partial charge on any atom is 0.472 e. The maximum atomic E-state index is 12.6. The van der Waals surface area contributed by atoms with Gasteiger partial charge in [0.1, 0.15) is 12.1 Å². The average Bonchev–Trinajstić information content (AvgIpc) is 3.10. The van der Waals surface area contributed by atoms with Gasteiger partial charge in [-0.05, 0) is 44.9 Å². The summed E-state index contributed by atoms with van der Waals surface area (Å²) in [5.41, 5.74) is 5.34. The van der Waals surface area contributed by atoms with E-state index in [1.165, 1.54) is 103 Å². The number of rotatable bonds is 39. The third kappa shape index (κ3) is 36.6. The molecule has 0 rings (SSSR count). The Kier molecular flexibility index (Phi) is 35.7. The summed E-state index contributed by atoms with van der Waals surface area (Å²) in [5, 5.41) is 8.87. The zero-order valence-corrected chi connectivity index (χ0v) is 33.3. The van der Waals surface area contributed by atoms with Crippen molar-refractivity contribution in [2.24, 2.45) is 5.73 Å². The van der Waals surface area contributed by atoms with Gasteiger partial charge in [0.05, 0.1) is 19.8 Å². The van der Waals surface area contributed by atoms with Crippen molar-refractivity contribution in [3.8, 4) is 0 Å². The lowest BCUT2D eigenvalue weighted by atomic mass is 10.1. The Morgan fingerprint density at radius 1 is 0.627 bits per heavy atom. The van der Waals surface area contributed by atoms with Gasteiger partial charge in [-0.3, -0.25) is 18.6 Å². The number of phosphoric acid groups is 1. The lowest BCUT2D eigenvalue weighted by Gasteiger charge is -2.20. The molecule has 0 fully saturated rings. The van der Waals surface area contributed by atoms with Gasteiger partial charge in [0.15, 0.2) is 0 Å². The van der Waals surface area contributed by atoms with E-state index in [1.807, 2.05) is 0 Å². The van der Waals surface area contributed by atoms with Crippen LogP contribution in [0.25, 0.3) is 0 Å². The number of allylic oxidation sites excluding steroid dienone is 4. The molecule has 0 aromatic heterocycles. The Hall–Kier alpha value is -1.55. The lowest BCUT2D eigenvalue weighted by Crippen LogP contribution is -2.34. The van der Waals surface area contributed by atoms with Crippen LogP contribution in [0.15, 0.2) is 24.3 Å². The Bertz CT molecular complexity index is 914. The van der Waals surface area contributed by atoms with E-state index in [9.17, 15) is 19.0 Å². The molecule has 0 spiro atoms. The molecule has 0 aliphatic heterocycles. The SMILES string of the molecule is CCCCC/C=C\C/C=C\CCCCCCCCCCCC(=O)OC(COCCCCCCCCCCCC)COP(=O)(O)OCC(N)C(=O)O. The van der Waals surface area contributed by atoms with Crippen LogP contribution in [-0.2, 0) is 32.7 Å². The first-order valence-electron chi connectivity index (χ1n) is 20.4. The summed E-state index contributed by atoms with van der Waals surface area (Å²) < 4.78 is 33.2. The first kappa shape index (κ1) is 49.5. The van der Waals surface area contributed by atoms with E-state index in [1.54, 1.807) is 0 Å². The van der Waals surface area contributed by atoms with Crippen LogP contribution in [0.3, 0.4) is 0 Å². The van der Waals surface area contributed by atoms with E-state index in [-0.39, 0.29) is 13.0 Å². The molecule has 0 saturated carbocycles. The van der Waals surface area contributed by atoms with Crippen molar-refractivity contribution in [2.45, 2.75) is 193 Å². The Balaban J connectivity index is 4.21. The maximum absolute atomic E-state index is 12.6. The molecule has 10 nitrogen and oxygen atoms in total. The number of carbonyl (C=O) groups is 2. The number of esters is 1. The van der Waals surface area contributed by atoms with E-state index in [4.69, 9.17) is 29.4 Å². The molecule has 0 aliphatic rings. The molecule has 4 N–H and O–H groups in total. The Labute approximate surface area is 311 Å². The molecular formula is C40H76NO9P. The van der Waals surface area contributed by atoms with Crippen LogP contribution in [0.4, 0.5) is 0 Å². The summed E-state index contributed by atoms with van der Waals surface area (Å²) in [6, 6.07) is -1.47. The van der Waals surface area contributed by atoms with E-state index in [0.717, 1.165) is 51.4 Å². The molecule has 0 aromatic carbocycles. The quantitative estimate of drug-likeness (QED) is 0.0240. The highest BCUT2D eigenvalue weighted by Gasteiger charge is 2.27. The molecule has 0 bridgehead atoms. The number of carboxylic acid groups (broad SMARTS) is 1. The summed E-state index contributed by atoms with van der Waals surface area (Å²) in [7, 11) is -4.61. The first-order valence-corrected chi connectivity index (χ1v) is 21.9. The van der Waals surface area contributed by atoms with Gasteiger partial charge in [-0.2, -0.15) is 0 Å². The fraction of sp³-hybridized carbons (Fsp3) is 0.850. The van der Waals surface area contributed by atoms with Crippen molar-refractivity contribution < 1.29 is 42.7 Å². The van der Waals surface area contributed by atoms with Crippen molar-refractivity contribution in [3.63, 3.8) is 0 Å². The van der Waals surface area contributed by atoms with Crippen LogP contribution in [-0.4, -0.2) is 60.5 Å². The summed E-state index contributed by atoms with van der Waals surface area (Å²) in [4.78, 5) is 33.4. The van der Waals surface area contributed by atoms with Gasteiger partial charge in [0, 0.05) is 13.0 Å². The van der Waals surface area contributed by atoms with Crippen molar-refractivity contribution in [1.29, 1.82) is 0 Å². The number of unbranched alkanes of at least 4 members (excludes halogenated alkanes) is 21. The first-order chi connectivity index (χ1) is 24.7. The van der Waals surface area contributed by atoms with Gasteiger partial charge in [0.2, 0.25) is 0 Å². The van der Waals surface area contributed by atoms with Gasteiger partial charge in [-0.25, -0.2) is 4.57 Å². The van der Waals surface area contributed by atoms with Crippen molar-refractivity contribution in [3.05, 3.63) is 24.3 Å². The standard InChI is InChI=1S/C40H76NO9P/c1-3-5-7-9-11-13-15-16-17-18-19-20-21-22-23-24-26-28-30-32-39(42)50-37(35-48-51(45,46)49-36-38(41)40(43)44)34-47-33-31-29-27-25-14-12-10-8-6-4-2/h11,13,16-17,37-38H,3-10,12,14-15,18-36,41H2,1-2H3,(H,43,44)(H,45,46)/b13-11-,17-16-. The fourth-order valence-corrected chi connectivity index (χ4v) is 6.29. The minimum absolute atomic E-state index is 0.0185. The number of carboxylic acids is 1. The van der Waals surface area contributed by atoms with Crippen LogP contribution < -0.4 is 5.73 Å². The van der Waals surface area contributed by atoms with E-state index >= 15 is 0 Å². The molecule has 0 saturated heterocycles. The zero-order chi connectivity index (χ0) is 37.7. The number of ether oxygens (including phenoxy) is 2. The lowest BCUT2D eigenvalue weighted by molar-refractivity contribution is -0.154. The molecule has 0 aliphatic carbocycles. The van der Waals surface area contributed by atoms with Crippen molar-refractivity contribution >= 4 is 19.8 Å². The predicted molar refractivity (Wildman–Crippen MR) is 208 cm³/mol. The number of hydrogen-bond acceptors (Lipinski definition) is 8. The molecule has 3 atom stereocenters. The molecule has 0 heterocycles. The predicted octanol–water partition coefficient (Wildman–Crippen LogP) is 10.8. The normalized spacial score (nSPS) is 14.3. The van der Waals surface area contributed by atoms with Crippen LogP contribution in [0.5, 0.6) is 0 Å². The van der Waals surface area contributed by atoms with Gasteiger partial charge in [-0.1, -0.05) is 154 Å². The number of carbonyl (C=O) groups excluding carboxylic acids is 1. The largest absolute Gasteiger partial charge is 0.480 e. The van der Waals surface area contributed by atoms with Crippen molar-refractivity contribution in [2.75, 3.05) is 26.4 Å². The highest BCUT2D eigenvalue weighted by molar-refractivity contribution is 7.47. The minimum Gasteiger partial charge on any atom is -0.480 e. The molecule has 300 valence electrons. The zero-order valence-electron chi connectivity index (χ0n) is 32.5. The number of phosphoric ester groups is 1. The minimum atomic E-state index is -4.61. The molecule has 3 unspecified atom stereocenters. The smallest absolute Gasteiger partial charge is 0.472 e. The third-order valence-electron chi connectivity index (χ3n) is 8.73. The molecule has 0 aromatic rings. The van der Waals surface area contributed by atoms with Gasteiger partial charge in [-0.15, -0.1) is 0 Å². The number of hydrogen-bond donors (Lipinski definition) is 3. The van der Waals surface area contributed by atoms with Gasteiger partial charge in [0.25, 0.3) is 0 Å². The average molecular weight is 746 g/mol. The second-order valence-electron chi connectivity index (χ2n) is 13.8. The summed E-state index contributed by atoms with van der Waals surface area (Å²) >= 11 is 0. The van der Waals surface area contributed by atoms with Crippen LogP contribution in [0.1, 0.15) is 181 Å². The van der Waals surface area contributed by atoms with Crippen LogP contribution >= 0.6 is 7.82 Å². The molecule has 0 radical (unpaired) electrons. The number of nitrogens with two attached hydrogens (primary N) is 1. The second-order valence-corrected chi connectivity index (χ2v) is 15.2. The highest BCUT2D eigenvalue weighted by Crippen LogP contribution is 2.43. The van der Waals surface area contributed by atoms with E-state index in [2.05, 4.69) is 38.2 Å². The summed E-state index contributed by atoms with van der Waals surface area (Å²) in [6.07, 6.45) is 38.0. The summed E-state index contributed by atoms with van der Waals surface area (Å²) in [6.45, 7) is 3.84. The van der Waals surface area contributed by atoms with Crippen LogP contribution in [0, 0.1) is 0 Å². The second kappa shape index (κ2) is 36.8. The van der Waals surface area contributed by atoms with Crippen molar-refractivity contribution in [1.82, 2.24) is 0 Å². The summed E-state index contributed by atoms with van der Waals surface area (Å²) in [5.74, 6) is -1.78. The number of aliphatic carboxylic acids is 1. The molecular weight excluding hydrogens is 669 g/mol.